The number of nitrogens with one attached hydrogen (secondary N) is 2. The van der Waals surface area contributed by atoms with Crippen molar-refractivity contribution < 1.29 is 24.2 Å². The molecule has 4 rings (SSSR count). The summed E-state index contributed by atoms with van der Waals surface area (Å²) in [7, 11) is 0. The number of anilines is 1. The van der Waals surface area contributed by atoms with Crippen molar-refractivity contribution in [2.75, 3.05) is 11.9 Å². The number of hydrogen-bond acceptors (Lipinski definition) is 4. The lowest BCUT2D eigenvalue weighted by Gasteiger charge is -2.19. The number of rotatable bonds is 7. The molecule has 0 heterocycles. The highest BCUT2D eigenvalue weighted by Gasteiger charge is 2.30. The van der Waals surface area contributed by atoms with E-state index in [1.807, 2.05) is 48.5 Å². The standard InChI is InChI=1S/C25H20Br2N2O5/c26-14-9-10-21(20(27)11-14)28-24(32)22(12-23(30)31)29-25(33)34-13-19-17-7-3-1-5-15(17)16-6-2-4-8-18(16)19/h1-11,19,22H,12-13H2,(H,28,32)(H,29,33)(H,30,31). The first-order valence-electron chi connectivity index (χ1n) is 10.4. The molecule has 34 heavy (non-hydrogen) atoms. The van der Waals surface area contributed by atoms with E-state index < -0.39 is 30.4 Å². The van der Waals surface area contributed by atoms with E-state index in [-0.39, 0.29) is 12.5 Å². The van der Waals surface area contributed by atoms with Crippen LogP contribution in [0, 0.1) is 0 Å². The molecule has 3 aromatic rings. The summed E-state index contributed by atoms with van der Waals surface area (Å²) in [5.74, 6) is -2.04. The van der Waals surface area contributed by atoms with Gasteiger partial charge in [0.1, 0.15) is 12.6 Å². The summed E-state index contributed by atoms with van der Waals surface area (Å²) in [6.07, 6.45) is -1.46. The average Bonchev–Trinajstić information content (AvgIpc) is 3.12. The van der Waals surface area contributed by atoms with Gasteiger partial charge in [-0.05, 0) is 56.4 Å². The summed E-state index contributed by atoms with van der Waals surface area (Å²) < 4.78 is 6.86. The molecule has 3 N–H and O–H groups in total. The summed E-state index contributed by atoms with van der Waals surface area (Å²) in [4.78, 5) is 36.6. The molecule has 3 aromatic carbocycles. The number of hydrogen-bond donors (Lipinski definition) is 3. The Morgan fingerprint density at radius 3 is 2.15 bits per heavy atom. The molecule has 174 valence electrons. The van der Waals surface area contributed by atoms with E-state index in [9.17, 15) is 19.5 Å². The molecule has 0 saturated heterocycles. The monoisotopic (exact) mass is 586 g/mol. The van der Waals surface area contributed by atoms with Gasteiger partial charge in [-0.2, -0.15) is 0 Å². The molecule has 1 unspecified atom stereocenters. The van der Waals surface area contributed by atoms with Crippen molar-refractivity contribution in [2.24, 2.45) is 0 Å². The summed E-state index contributed by atoms with van der Waals surface area (Å²) in [5, 5.41) is 14.3. The quantitative estimate of drug-likeness (QED) is 0.337. The lowest BCUT2D eigenvalue weighted by atomic mass is 9.98. The second-order valence-corrected chi connectivity index (χ2v) is 9.50. The van der Waals surface area contributed by atoms with Crippen molar-refractivity contribution in [3.05, 3.63) is 86.8 Å². The maximum Gasteiger partial charge on any atom is 0.407 e. The van der Waals surface area contributed by atoms with Gasteiger partial charge in [0.15, 0.2) is 0 Å². The third kappa shape index (κ3) is 5.31. The highest BCUT2D eigenvalue weighted by Crippen LogP contribution is 2.44. The van der Waals surface area contributed by atoms with Crippen LogP contribution in [0.1, 0.15) is 23.5 Å². The Morgan fingerprint density at radius 2 is 1.56 bits per heavy atom. The molecule has 0 bridgehead atoms. The second-order valence-electron chi connectivity index (χ2n) is 7.73. The number of carboxylic acid groups (broad SMARTS) is 1. The molecule has 0 aliphatic heterocycles. The Balaban J connectivity index is 1.43. The Bertz CT molecular complexity index is 1220. The van der Waals surface area contributed by atoms with Gasteiger partial charge in [-0.3, -0.25) is 9.59 Å². The van der Waals surface area contributed by atoms with E-state index in [2.05, 4.69) is 42.5 Å². The zero-order chi connectivity index (χ0) is 24.2. The van der Waals surface area contributed by atoms with Crippen LogP contribution >= 0.6 is 31.9 Å². The minimum absolute atomic E-state index is 0.0551. The van der Waals surface area contributed by atoms with E-state index in [4.69, 9.17) is 4.74 Å². The lowest BCUT2D eigenvalue weighted by Crippen LogP contribution is -2.45. The number of amides is 2. The first kappa shape index (κ1) is 24.0. The molecule has 0 radical (unpaired) electrons. The third-order valence-electron chi connectivity index (χ3n) is 5.52. The van der Waals surface area contributed by atoms with Crippen molar-refractivity contribution in [1.82, 2.24) is 5.32 Å². The molecule has 1 atom stereocenters. The first-order valence-corrected chi connectivity index (χ1v) is 12.0. The first-order chi connectivity index (χ1) is 16.3. The number of carboxylic acids is 1. The highest BCUT2D eigenvalue weighted by molar-refractivity contribution is 9.11. The molecular weight excluding hydrogens is 568 g/mol. The summed E-state index contributed by atoms with van der Waals surface area (Å²) in [6.45, 7) is 0.0551. The Hall–Kier alpha value is -3.17. The minimum atomic E-state index is -1.32. The fourth-order valence-electron chi connectivity index (χ4n) is 3.98. The molecule has 9 heteroatoms. The van der Waals surface area contributed by atoms with Gasteiger partial charge in [-0.25, -0.2) is 4.79 Å². The number of aliphatic carboxylic acids is 1. The molecule has 2 amide bonds. The van der Waals surface area contributed by atoms with Crippen molar-refractivity contribution in [2.45, 2.75) is 18.4 Å². The van der Waals surface area contributed by atoms with E-state index >= 15 is 0 Å². The molecular formula is C25H20Br2N2O5. The number of benzene rings is 3. The van der Waals surface area contributed by atoms with Gasteiger partial charge < -0.3 is 20.5 Å². The van der Waals surface area contributed by atoms with Crippen LogP contribution in [-0.4, -0.2) is 35.7 Å². The summed E-state index contributed by atoms with van der Waals surface area (Å²) >= 11 is 6.67. The minimum Gasteiger partial charge on any atom is -0.481 e. The Labute approximate surface area is 212 Å². The number of ether oxygens (including phenoxy) is 1. The van der Waals surface area contributed by atoms with Crippen LogP contribution in [0.5, 0.6) is 0 Å². The number of halogens is 2. The molecule has 0 aromatic heterocycles. The zero-order valence-corrected chi connectivity index (χ0v) is 20.9. The largest absolute Gasteiger partial charge is 0.481 e. The Kier molecular flexibility index (Phi) is 7.33. The van der Waals surface area contributed by atoms with Crippen molar-refractivity contribution in [3.8, 4) is 11.1 Å². The molecule has 1 aliphatic carbocycles. The van der Waals surface area contributed by atoms with Crippen LogP contribution < -0.4 is 10.6 Å². The molecule has 7 nitrogen and oxygen atoms in total. The lowest BCUT2D eigenvalue weighted by molar-refractivity contribution is -0.139. The highest BCUT2D eigenvalue weighted by atomic mass is 79.9. The SMILES string of the molecule is O=C(O)CC(NC(=O)OCC1c2ccccc2-c2ccccc21)C(=O)Nc1ccc(Br)cc1Br. The maximum absolute atomic E-state index is 12.7. The van der Waals surface area contributed by atoms with Gasteiger partial charge in [-0.15, -0.1) is 0 Å². The summed E-state index contributed by atoms with van der Waals surface area (Å²) in [5.41, 5.74) is 4.73. The molecule has 0 spiro atoms. The number of fused-ring (bicyclic) bond motifs is 3. The van der Waals surface area contributed by atoms with E-state index in [1.54, 1.807) is 18.2 Å². The zero-order valence-electron chi connectivity index (χ0n) is 17.8. The van der Waals surface area contributed by atoms with Gasteiger partial charge in [0.25, 0.3) is 0 Å². The molecule has 0 fully saturated rings. The smallest absolute Gasteiger partial charge is 0.407 e. The van der Waals surface area contributed by atoms with Gasteiger partial charge in [0.05, 0.1) is 12.1 Å². The average molecular weight is 588 g/mol. The van der Waals surface area contributed by atoms with E-state index in [1.165, 1.54) is 0 Å². The predicted octanol–water partition coefficient (Wildman–Crippen LogP) is 5.53. The third-order valence-corrected chi connectivity index (χ3v) is 6.67. The fraction of sp³-hybridized carbons (Fsp3) is 0.160. The van der Waals surface area contributed by atoms with Crippen LogP contribution in [0.4, 0.5) is 10.5 Å². The van der Waals surface area contributed by atoms with Gasteiger partial charge >= 0.3 is 12.1 Å². The normalized spacial score (nSPS) is 12.9. The van der Waals surface area contributed by atoms with Gasteiger partial charge in [0, 0.05) is 14.9 Å². The van der Waals surface area contributed by atoms with Crippen molar-refractivity contribution in [1.29, 1.82) is 0 Å². The predicted molar refractivity (Wildman–Crippen MR) is 135 cm³/mol. The summed E-state index contributed by atoms with van der Waals surface area (Å²) in [6, 6.07) is 19.7. The van der Waals surface area contributed by atoms with Crippen molar-refractivity contribution in [3.63, 3.8) is 0 Å². The van der Waals surface area contributed by atoms with Crippen LogP contribution in [0.15, 0.2) is 75.7 Å². The topological polar surface area (TPSA) is 105 Å². The van der Waals surface area contributed by atoms with Gasteiger partial charge in [-0.1, -0.05) is 64.5 Å². The fourth-order valence-corrected chi connectivity index (χ4v) is 5.12. The van der Waals surface area contributed by atoms with Crippen LogP contribution in [0.25, 0.3) is 11.1 Å². The maximum atomic E-state index is 12.7. The Morgan fingerprint density at radius 1 is 0.941 bits per heavy atom. The second kappa shape index (κ2) is 10.4. The van der Waals surface area contributed by atoms with Crippen LogP contribution in [0.2, 0.25) is 0 Å². The van der Waals surface area contributed by atoms with E-state index in [0.29, 0.717) is 10.2 Å². The molecule has 0 saturated carbocycles. The number of carbonyl (C=O) groups is 3. The van der Waals surface area contributed by atoms with Crippen LogP contribution in [0.3, 0.4) is 0 Å². The van der Waals surface area contributed by atoms with Gasteiger partial charge in [0.2, 0.25) is 5.91 Å². The van der Waals surface area contributed by atoms with Crippen molar-refractivity contribution >= 4 is 55.5 Å². The number of carbonyl (C=O) groups excluding carboxylic acids is 2. The number of alkyl carbamates (subject to hydrolysis) is 1. The van der Waals surface area contributed by atoms with E-state index in [0.717, 1.165) is 26.7 Å². The molecule has 1 aliphatic rings. The van der Waals surface area contributed by atoms with Crippen LogP contribution in [-0.2, 0) is 14.3 Å².